The van der Waals surface area contributed by atoms with E-state index in [0.717, 1.165) is 23.4 Å². The lowest BCUT2D eigenvalue weighted by molar-refractivity contribution is 0.260. The van der Waals surface area contributed by atoms with Gasteiger partial charge in [-0.2, -0.15) is 0 Å². The van der Waals surface area contributed by atoms with E-state index in [4.69, 9.17) is 9.72 Å². The lowest BCUT2D eigenvalue weighted by Crippen LogP contribution is -2.24. The van der Waals surface area contributed by atoms with Gasteiger partial charge in [0, 0.05) is 27.2 Å². The van der Waals surface area contributed by atoms with Crippen LogP contribution in [0.3, 0.4) is 0 Å². The molecule has 0 bridgehead atoms. The van der Waals surface area contributed by atoms with Crippen LogP contribution in [-0.4, -0.2) is 54.9 Å². The number of halogens is 1. The van der Waals surface area contributed by atoms with Crippen molar-refractivity contribution >= 4 is 21.1 Å². The van der Waals surface area contributed by atoms with Crippen LogP contribution in [0, 0.1) is 5.82 Å². The van der Waals surface area contributed by atoms with E-state index in [1.165, 1.54) is 31.6 Å². The molecule has 3 rings (SSSR count). The van der Waals surface area contributed by atoms with Gasteiger partial charge in [-0.3, -0.25) is 4.90 Å². The van der Waals surface area contributed by atoms with Gasteiger partial charge in [0.05, 0.1) is 29.6 Å². The highest BCUT2D eigenvalue weighted by atomic mass is 32.2. The second-order valence-corrected chi connectivity index (χ2v) is 9.63. The van der Waals surface area contributed by atoms with Crippen LogP contribution >= 0.6 is 0 Å². The van der Waals surface area contributed by atoms with Gasteiger partial charge in [0.2, 0.25) is 10.0 Å². The molecule has 0 aliphatic rings. The zero-order valence-electron chi connectivity index (χ0n) is 18.6. The van der Waals surface area contributed by atoms with Gasteiger partial charge in [0.25, 0.3) is 0 Å². The third kappa shape index (κ3) is 4.73. The summed E-state index contributed by atoms with van der Waals surface area (Å²) in [5.41, 5.74) is 2.38. The molecule has 0 saturated carbocycles. The molecule has 2 aromatic carbocycles. The Morgan fingerprint density at radius 3 is 2.42 bits per heavy atom. The summed E-state index contributed by atoms with van der Waals surface area (Å²) in [6.45, 7) is 6.65. The number of hydrogen-bond acceptors (Lipinski definition) is 5. The minimum atomic E-state index is -3.53. The van der Waals surface area contributed by atoms with Crippen molar-refractivity contribution in [2.45, 2.75) is 38.4 Å². The number of sulfonamides is 1. The maximum Gasteiger partial charge on any atom is 0.242 e. The molecule has 9 heteroatoms. The molecule has 1 aromatic heterocycles. The number of ether oxygens (including phenoxy) is 1. The van der Waals surface area contributed by atoms with Crippen LogP contribution in [0.15, 0.2) is 41.3 Å². The van der Waals surface area contributed by atoms with Crippen molar-refractivity contribution in [1.29, 1.82) is 0 Å². The van der Waals surface area contributed by atoms with Crippen molar-refractivity contribution in [3.05, 3.63) is 53.6 Å². The Labute approximate surface area is 183 Å². The van der Waals surface area contributed by atoms with Gasteiger partial charge in [-0.15, -0.1) is 0 Å². The average molecular weight is 449 g/mol. The smallest absolute Gasteiger partial charge is 0.242 e. The van der Waals surface area contributed by atoms with E-state index < -0.39 is 10.0 Å². The summed E-state index contributed by atoms with van der Waals surface area (Å²) in [5, 5.41) is 0. The highest BCUT2D eigenvalue weighted by Crippen LogP contribution is 2.24. The number of benzene rings is 2. The summed E-state index contributed by atoms with van der Waals surface area (Å²) in [5.74, 6) is 0.683. The first-order chi connectivity index (χ1) is 14.7. The molecule has 0 N–H and O–H groups in total. The monoisotopic (exact) mass is 448 g/mol. The highest BCUT2D eigenvalue weighted by Gasteiger charge is 2.20. The van der Waals surface area contributed by atoms with Crippen LogP contribution in [0.25, 0.3) is 11.0 Å². The second kappa shape index (κ2) is 9.33. The Balaban J connectivity index is 1.91. The summed E-state index contributed by atoms with van der Waals surface area (Å²) in [4.78, 5) is 7.12. The molecule has 0 radical (unpaired) electrons. The van der Waals surface area contributed by atoms with Gasteiger partial charge >= 0.3 is 0 Å². The minimum absolute atomic E-state index is 0.221. The number of hydrogen-bond donors (Lipinski definition) is 0. The van der Waals surface area contributed by atoms with E-state index in [9.17, 15) is 12.8 Å². The molecular formula is C22H29FN4O3S. The Bertz CT molecular complexity index is 1170. The van der Waals surface area contributed by atoms with Crippen molar-refractivity contribution in [2.24, 2.45) is 0 Å². The van der Waals surface area contributed by atoms with Gasteiger partial charge in [-0.05, 0) is 49.4 Å². The summed E-state index contributed by atoms with van der Waals surface area (Å²) >= 11 is 0. The number of fused-ring (bicyclic) bond motifs is 1. The normalized spacial score (nSPS) is 12.3. The zero-order chi connectivity index (χ0) is 22.8. The van der Waals surface area contributed by atoms with E-state index in [0.29, 0.717) is 25.2 Å². The molecule has 1 heterocycles. The quantitative estimate of drug-likeness (QED) is 0.501. The first-order valence-electron chi connectivity index (χ1n) is 10.2. The fraction of sp³-hybridized carbons (Fsp3) is 0.409. The predicted molar refractivity (Wildman–Crippen MR) is 119 cm³/mol. The molecule has 0 atom stereocenters. The summed E-state index contributed by atoms with van der Waals surface area (Å²) < 4.78 is 47.3. The van der Waals surface area contributed by atoms with Gasteiger partial charge in [-0.25, -0.2) is 22.1 Å². The van der Waals surface area contributed by atoms with Gasteiger partial charge < -0.3 is 9.30 Å². The lowest BCUT2D eigenvalue weighted by Gasteiger charge is -2.21. The number of aryl methyl sites for hydroxylation is 1. The summed E-state index contributed by atoms with van der Waals surface area (Å²) in [7, 11) is 0.938. The Morgan fingerprint density at radius 1 is 1.10 bits per heavy atom. The lowest BCUT2D eigenvalue weighted by atomic mass is 10.2. The molecule has 7 nitrogen and oxygen atoms in total. The number of rotatable bonds is 9. The van der Waals surface area contributed by atoms with Crippen molar-refractivity contribution < 1.29 is 17.5 Å². The van der Waals surface area contributed by atoms with Crippen LogP contribution in [-0.2, 0) is 29.7 Å². The summed E-state index contributed by atoms with van der Waals surface area (Å²) in [6, 6.07) is 10.0. The third-order valence-corrected chi connectivity index (χ3v) is 7.14. The molecule has 31 heavy (non-hydrogen) atoms. The van der Waals surface area contributed by atoms with Crippen LogP contribution in [0.2, 0.25) is 0 Å². The van der Waals surface area contributed by atoms with Crippen LogP contribution in [0.5, 0.6) is 5.75 Å². The van der Waals surface area contributed by atoms with E-state index in [2.05, 4.69) is 9.47 Å². The molecular weight excluding hydrogens is 419 g/mol. The number of methoxy groups -OCH3 is 1. The van der Waals surface area contributed by atoms with Gasteiger partial charge in [0.1, 0.15) is 5.82 Å². The van der Waals surface area contributed by atoms with Gasteiger partial charge in [-0.1, -0.05) is 13.0 Å². The van der Waals surface area contributed by atoms with Crippen molar-refractivity contribution in [1.82, 2.24) is 18.8 Å². The molecule has 3 aromatic rings. The van der Waals surface area contributed by atoms with E-state index in [1.807, 2.05) is 19.9 Å². The predicted octanol–water partition coefficient (Wildman–Crippen LogP) is 3.48. The minimum Gasteiger partial charge on any atom is -0.494 e. The van der Waals surface area contributed by atoms with E-state index >= 15 is 0 Å². The summed E-state index contributed by atoms with van der Waals surface area (Å²) in [6.07, 6.45) is 0. The molecule has 0 spiro atoms. The largest absolute Gasteiger partial charge is 0.494 e. The maximum atomic E-state index is 14.1. The standard InChI is InChI=1S/C22H29FN4O3S/c1-6-26(14-16-8-11-21(30-5)18(23)12-16)15-22-24-19-13-17(31(28,29)25(3)4)9-10-20(19)27(22)7-2/h8-13H,6-7,14-15H2,1-5H3. The van der Waals surface area contributed by atoms with Crippen LogP contribution in [0.1, 0.15) is 25.2 Å². The molecule has 168 valence electrons. The Kier molecular flexibility index (Phi) is 6.98. The zero-order valence-corrected chi connectivity index (χ0v) is 19.4. The molecule has 0 amide bonds. The van der Waals surface area contributed by atoms with Crippen LogP contribution in [0.4, 0.5) is 4.39 Å². The van der Waals surface area contributed by atoms with E-state index in [-0.39, 0.29) is 16.5 Å². The molecule has 0 fully saturated rings. The van der Waals surface area contributed by atoms with Crippen molar-refractivity contribution in [2.75, 3.05) is 27.7 Å². The molecule has 0 unspecified atom stereocenters. The number of imidazole rings is 1. The number of nitrogens with zero attached hydrogens (tertiary/aromatic N) is 4. The van der Waals surface area contributed by atoms with E-state index in [1.54, 1.807) is 24.3 Å². The first-order valence-corrected chi connectivity index (χ1v) is 11.6. The maximum absolute atomic E-state index is 14.1. The number of aromatic nitrogens is 2. The highest BCUT2D eigenvalue weighted by molar-refractivity contribution is 7.89. The van der Waals surface area contributed by atoms with Crippen molar-refractivity contribution in [3.63, 3.8) is 0 Å². The second-order valence-electron chi connectivity index (χ2n) is 7.48. The molecule has 0 aliphatic heterocycles. The first kappa shape index (κ1) is 23.2. The molecule has 0 aliphatic carbocycles. The fourth-order valence-electron chi connectivity index (χ4n) is 3.55. The average Bonchev–Trinajstić information content (AvgIpc) is 3.09. The van der Waals surface area contributed by atoms with Crippen LogP contribution < -0.4 is 4.74 Å². The Hall–Kier alpha value is -2.49. The SMILES string of the molecule is CCN(Cc1ccc(OC)c(F)c1)Cc1nc2cc(S(=O)(=O)N(C)C)ccc2n1CC. The van der Waals surface area contributed by atoms with Gasteiger partial charge in [0.15, 0.2) is 11.6 Å². The third-order valence-electron chi connectivity index (χ3n) is 5.33. The Morgan fingerprint density at radius 2 is 1.84 bits per heavy atom. The van der Waals surface area contributed by atoms with Crippen molar-refractivity contribution in [3.8, 4) is 5.75 Å². The molecule has 0 saturated heterocycles. The topological polar surface area (TPSA) is 67.7 Å². The fourth-order valence-corrected chi connectivity index (χ4v) is 4.47.